The van der Waals surface area contributed by atoms with Gasteiger partial charge in [-0.3, -0.25) is 0 Å². The lowest BCUT2D eigenvalue weighted by atomic mass is 10.1. The summed E-state index contributed by atoms with van der Waals surface area (Å²) in [5.41, 5.74) is 0. The Balaban J connectivity index is 2.03. The molecule has 2 aromatic heterocycles. The number of hydrogen-bond donors (Lipinski definition) is 2. The second kappa shape index (κ2) is 7.10. The van der Waals surface area contributed by atoms with Crippen molar-refractivity contribution in [2.45, 2.75) is 31.9 Å². The van der Waals surface area contributed by atoms with E-state index in [1.807, 2.05) is 31.2 Å². The Morgan fingerprint density at radius 1 is 1.42 bits per heavy atom. The van der Waals surface area contributed by atoms with Crippen molar-refractivity contribution in [1.82, 2.24) is 5.32 Å². The summed E-state index contributed by atoms with van der Waals surface area (Å²) in [4.78, 5) is 1.12. The molecule has 2 rings (SSSR count). The molecular weight excluding hydrogens is 282 g/mol. The summed E-state index contributed by atoms with van der Waals surface area (Å²) >= 11 is 7.53. The fourth-order valence-corrected chi connectivity index (χ4v) is 3.02. The normalized spacial score (nSPS) is 14.5. The van der Waals surface area contributed by atoms with Crippen LogP contribution in [0.15, 0.2) is 34.9 Å². The summed E-state index contributed by atoms with van der Waals surface area (Å²) in [5.74, 6) is 0.865. The molecule has 0 saturated carbocycles. The number of rotatable bonds is 7. The predicted octanol–water partition coefficient (Wildman–Crippen LogP) is 3.83. The summed E-state index contributed by atoms with van der Waals surface area (Å²) in [6, 6.07) is 7.71. The SMILES string of the molecule is CCC(O)CCNC(c1ccco1)c1ccc(Cl)s1. The zero-order valence-corrected chi connectivity index (χ0v) is 12.4. The van der Waals surface area contributed by atoms with Crippen LogP contribution in [0, 0.1) is 0 Å². The van der Waals surface area contributed by atoms with Crippen LogP contribution < -0.4 is 5.32 Å². The van der Waals surface area contributed by atoms with Crippen molar-refractivity contribution in [2.24, 2.45) is 0 Å². The standard InChI is InChI=1S/C14H18ClNO2S/c1-2-10(17)7-8-16-14(11-4-3-9-18-11)12-5-6-13(15)19-12/h3-6,9-10,14,16-17H,2,7-8H2,1H3. The first kappa shape index (κ1) is 14.6. The maximum atomic E-state index is 9.59. The average Bonchev–Trinajstić information content (AvgIpc) is 3.06. The summed E-state index contributed by atoms with van der Waals surface area (Å²) < 4.78 is 6.25. The summed E-state index contributed by atoms with van der Waals surface area (Å²) in [6.45, 7) is 2.71. The first-order valence-electron chi connectivity index (χ1n) is 6.40. The van der Waals surface area contributed by atoms with Crippen molar-refractivity contribution >= 4 is 22.9 Å². The predicted molar refractivity (Wildman–Crippen MR) is 78.8 cm³/mol. The third kappa shape index (κ3) is 4.08. The van der Waals surface area contributed by atoms with Crippen LogP contribution in [0.3, 0.4) is 0 Å². The number of thiophene rings is 1. The number of halogens is 1. The van der Waals surface area contributed by atoms with E-state index in [-0.39, 0.29) is 12.1 Å². The molecule has 19 heavy (non-hydrogen) atoms. The Hall–Kier alpha value is -0.810. The summed E-state index contributed by atoms with van der Waals surface area (Å²) in [6.07, 6.45) is 2.92. The second-order valence-electron chi connectivity index (χ2n) is 4.40. The second-order valence-corrected chi connectivity index (χ2v) is 6.14. The third-order valence-electron chi connectivity index (χ3n) is 3.00. The van der Waals surface area contributed by atoms with Gasteiger partial charge < -0.3 is 14.8 Å². The average molecular weight is 300 g/mol. The van der Waals surface area contributed by atoms with E-state index >= 15 is 0 Å². The Morgan fingerprint density at radius 2 is 2.26 bits per heavy atom. The van der Waals surface area contributed by atoms with Crippen LogP contribution in [0.2, 0.25) is 4.34 Å². The van der Waals surface area contributed by atoms with Gasteiger partial charge in [0.05, 0.1) is 16.7 Å². The van der Waals surface area contributed by atoms with Crippen molar-refractivity contribution in [3.05, 3.63) is 45.5 Å². The molecule has 2 atom stereocenters. The molecule has 0 bridgehead atoms. The Bertz CT molecular complexity index is 483. The van der Waals surface area contributed by atoms with Crippen LogP contribution in [0.25, 0.3) is 0 Å². The zero-order valence-electron chi connectivity index (χ0n) is 10.8. The molecule has 2 heterocycles. The first-order valence-corrected chi connectivity index (χ1v) is 7.60. The summed E-state index contributed by atoms with van der Waals surface area (Å²) in [5, 5.41) is 13.0. The highest BCUT2D eigenvalue weighted by atomic mass is 35.5. The van der Waals surface area contributed by atoms with Gasteiger partial charge in [0.2, 0.25) is 0 Å². The van der Waals surface area contributed by atoms with E-state index in [1.54, 1.807) is 6.26 Å². The minimum Gasteiger partial charge on any atom is -0.467 e. The van der Waals surface area contributed by atoms with Crippen molar-refractivity contribution in [2.75, 3.05) is 6.54 Å². The van der Waals surface area contributed by atoms with Crippen LogP contribution in [-0.4, -0.2) is 17.8 Å². The van der Waals surface area contributed by atoms with E-state index in [2.05, 4.69) is 5.32 Å². The highest BCUT2D eigenvalue weighted by Crippen LogP contribution is 2.31. The first-order chi connectivity index (χ1) is 9.20. The van der Waals surface area contributed by atoms with Gasteiger partial charge in [0.25, 0.3) is 0 Å². The molecular formula is C14H18ClNO2S. The van der Waals surface area contributed by atoms with Crippen LogP contribution in [-0.2, 0) is 0 Å². The van der Waals surface area contributed by atoms with Gasteiger partial charge in [-0.1, -0.05) is 18.5 Å². The maximum Gasteiger partial charge on any atom is 0.126 e. The minimum absolute atomic E-state index is 0.00319. The van der Waals surface area contributed by atoms with Gasteiger partial charge in [-0.2, -0.15) is 0 Å². The lowest BCUT2D eigenvalue weighted by molar-refractivity contribution is 0.158. The van der Waals surface area contributed by atoms with E-state index < -0.39 is 0 Å². The van der Waals surface area contributed by atoms with Gasteiger partial charge in [-0.05, 0) is 43.7 Å². The maximum absolute atomic E-state index is 9.59. The van der Waals surface area contributed by atoms with Crippen LogP contribution in [0.4, 0.5) is 0 Å². The zero-order chi connectivity index (χ0) is 13.7. The number of nitrogens with one attached hydrogen (secondary N) is 1. The quantitative estimate of drug-likeness (QED) is 0.816. The van der Waals surface area contributed by atoms with Crippen molar-refractivity contribution in [3.8, 4) is 0 Å². The number of furan rings is 1. The molecule has 2 aromatic rings. The van der Waals surface area contributed by atoms with E-state index in [9.17, 15) is 5.11 Å². The largest absolute Gasteiger partial charge is 0.467 e. The Kier molecular flexibility index (Phi) is 5.45. The van der Waals surface area contributed by atoms with Crippen molar-refractivity contribution in [1.29, 1.82) is 0 Å². The molecule has 2 unspecified atom stereocenters. The molecule has 2 N–H and O–H groups in total. The lowest BCUT2D eigenvalue weighted by Crippen LogP contribution is -2.25. The highest BCUT2D eigenvalue weighted by molar-refractivity contribution is 7.16. The fraction of sp³-hybridized carbons (Fsp3) is 0.429. The highest BCUT2D eigenvalue weighted by Gasteiger charge is 2.18. The van der Waals surface area contributed by atoms with E-state index in [0.717, 1.165) is 34.4 Å². The summed E-state index contributed by atoms with van der Waals surface area (Å²) in [7, 11) is 0. The molecule has 0 amide bonds. The topological polar surface area (TPSA) is 45.4 Å². The Morgan fingerprint density at radius 3 is 2.84 bits per heavy atom. The van der Waals surface area contributed by atoms with Gasteiger partial charge in [0.1, 0.15) is 11.8 Å². The molecule has 3 nitrogen and oxygen atoms in total. The van der Waals surface area contributed by atoms with Gasteiger partial charge >= 0.3 is 0 Å². The number of aliphatic hydroxyl groups is 1. The smallest absolute Gasteiger partial charge is 0.126 e. The van der Waals surface area contributed by atoms with Gasteiger partial charge in [0.15, 0.2) is 0 Å². The van der Waals surface area contributed by atoms with Crippen molar-refractivity contribution in [3.63, 3.8) is 0 Å². The molecule has 0 saturated heterocycles. The van der Waals surface area contributed by atoms with Crippen LogP contribution in [0.1, 0.15) is 36.4 Å². The van der Waals surface area contributed by atoms with E-state index in [4.69, 9.17) is 16.0 Å². The number of aliphatic hydroxyl groups excluding tert-OH is 1. The monoisotopic (exact) mass is 299 g/mol. The molecule has 0 aliphatic carbocycles. The molecule has 0 spiro atoms. The molecule has 0 radical (unpaired) electrons. The molecule has 0 aliphatic heterocycles. The van der Waals surface area contributed by atoms with Crippen LogP contribution >= 0.6 is 22.9 Å². The molecule has 104 valence electrons. The van der Waals surface area contributed by atoms with E-state index in [1.165, 1.54) is 11.3 Å². The molecule has 0 aromatic carbocycles. The third-order valence-corrected chi connectivity index (χ3v) is 4.30. The van der Waals surface area contributed by atoms with Crippen LogP contribution in [0.5, 0.6) is 0 Å². The lowest BCUT2D eigenvalue weighted by Gasteiger charge is -2.16. The molecule has 5 heteroatoms. The van der Waals surface area contributed by atoms with Gasteiger partial charge in [-0.15, -0.1) is 11.3 Å². The number of hydrogen-bond acceptors (Lipinski definition) is 4. The Labute approximate surface area is 122 Å². The minimum atomic E-state index is -0.253. The molecule has 0 fully saturated rings. The van der Waals surface area contributed by atoms with Gasteiger partial charge in [0, 0.05) is 4.88 Å². The van der Waals surface area contributed by atoms with Crippen molar-refractivity contribution < 1.29 is 9.52 Å². The molecule has 0 aliphatic rings. The van der Waals surface area contributed by atoms with E-state index in [0.29, 0.717) is 0 Å². The fourth-order valence-electron chi connectivity index (χ4n) is 1.88. The van der Waals surface area contributed by atoms with Gasteiger partial charge in [-0.25, -0.2) is 0 Å².